The molecule has 7 heteroatoms. The van der Waals surface area contributed by atoms with E-state index in [0.29, 0.717) is 32.0 Å². The zero-order chi connectivity index (χ0) is 22.9. The number of hydrogen-bond acceptors (Lipinski definition) is 4. The molecule has 3 atom stereocenters. The maximum absolute atomic E-state index is 14.5. The highest BCUT2D eigenvalue weighted by atomic mass is 19.3. The van der Waals surface area contributed by atoms with E-state index in [1.54, 1.807) is 31.4 Å². The number of aliphatic imine (C=N–C) groups is 1. The Morgan fingerprint density at radius 2 is 2.12 bits per heavy atom. The molecule has 0 saturated carbocycles. The van der Waals surface area contributed by atoms with Gasteiger partial charge in [-0.1, -0.05) is 25.1 Å². The van der Waals surface area contributed by atoms with Crippen LogP contribution in [0, 0.1) is 11.8 Å². The zero-order valence-corrected chi connectivity index (χ0v) is 19.1. The molecule has 0 unspecified atom stereocenters. The highest BCUT2D eigenvalue weighted by Gasteiger charge is 2.45. The third kappa shape index (κ3) is 4.68. The van der Waals surface area contributed by atoms with Crippen molar-refractivity contribution in [1.82, 2.24) is 14.8 Å². The van der Waals surface area contributed by atoms with Gasteiger partial charge in [0.2, 0.25) is 5.91 Å². The summed E-state index contributed by atoms with van der Waals surface area (Å²) in [5.74, 6) is -3.38. The molecule has 1 aromatic carbocycles. The normalized spacial score (nSPS) is 26.7. The molecule has 2 aromatic rings. The van der Waals surface area contributed by atoms with Gasteiger partial charge in [0.1, 0.15) is 0 Å². The number of rotatable bonds is 4. The summed E-state index contributed by atoms with van der Waals surface area (Å²) in [6, 6.07) is 8.13. The number of pyridine rings is 1. The minimum Gasteiger partial charge on any atom is -0.342 e. The van der Waals surface area contributed by atoms with Crippen molar-refractivity contribution in [2.45, 2.75) is 38.0 Å². The molecule has 1 aromatic heterocycles. The molecule has 0 spiro atoms. The van der Waals surface area contributed by atoms with Crippen LogP contribution in [-0.2, 0) is 4.79 Å². The predicted octanol–water partition coefficient (Wildman–Crippen LogP) is 4.21. The zero-order valence-electron chi connectivity index (χ0n) is 19.1. The Labute approximate surface area is 188 Å². The van der Waals surface area contributed by atoms with Gasteiger partial charge in [0.05, 0.1) is 12.1 Å². The first-order valence-electron chi connectivity index (χ1n) is 11.4. The van der Waals surface area contributed by atoms with Gasteiger partial charge in [0.15, 0.2) is 0 Å². The first-order chi connectivity index (χ1) is 15.3. The molecule has 2 aliphatic heterocycles. The van der Waals surface area contributed by atoms with Gasteiger partial charge in [-0.15, -0.1) is 0 Å². The van der Waals surface area contributed by atoms with E-state index >= 15 is 0 Å². The van der Waals surface area contributed by atoms with Crippen LogP contribution < -0.4 is 0 Å². The number of fused-ring (bicyclic) bond motifs is 1. The molecule has 2 saturated heterocycles. The van der Waals surface area contributed by atoms with Crippen molar-refractivity contribution in [3.05, 3.63) is 41.6 Å². The number of carbonyl (C=O) groups is 1. The summed E-state index contributed by atoms with van der Waals surface area (Å²) < 4.78 is 29.0. The number of alkyl halides is 2. The van der Waals surface area contributed by atoms with Crippen LogP contribution in [0.2, 0.25) is 0 Å². The van der Waals surface area contributed by atoms with Gasteiger partial charge in [-0.2, -0.15) is 0 Å². The standard InChI is InChI=1S/C25H32F2N4O/c1-17-11-19(21-7-6-18(13-28-2)24-22(21)5-4-9-29-24)15-31(14-17)23(32)12-20-8-10-30(3)16-25(20,26)27/h4-7,9,13,17,19-20H,8,10-12,14-16H2,1-3H3/b28-13-/t17-,19+,20-/m1/s1. The molecule has 0 aliphatic carbocycles. The van der Waals surface area contributed by atoms with Gasteiger partial charge in [-0.05, 0) is 44.0 Å². The van der Waals surface area contributed by atoms with Crippen LogP contribution in [0.4, 0.5) is 8.78 Å². The van der Waals surface area contributed by atoms with Crippen molar-refractivity contribution >= 4 is 23.0 Å². The van der Waals surface area contributed by atoms with E-state index in [4.69, 9.17) is 0 Å². The Bertz CT molecular complexity index is 1010. The Hall–Kier alpha value is -2.41. The quantitative estimate of drug-likeness (QED) is 0.667. The number of carbonyl (C=O) groups excluding carboxylic acids is 1. The number of likely N-dealkylation sites (tertiary alicyclic amines) is 2. The fourth-order valence-corrected chi connectivity index (χ4v) is 5.34. The lowest BCUT2D eigenvalue weighted by Gasteiger charge is -2.40. The number of hydrogen-bond donors (Lipinski definition) is 0. The predicted molar refractivity (Wildman–Crippen MR) is 124 cm³/mol. The molecular formula is C25H32F2N4O. The van der Waals surface area contributed by atoms with Crippen molar-refractivity contribution in [1.29, 1.82) is 0 Å². The van der Waals surface area contributed by atoms with Gasteiger partial charge in [0, 0.05) is 61.8 Å². The summed E-state index contributed by atoms with van der Waals surface area (Å²) in [4.78, 5) is 25.3. The van der Waals surface area contributed by atoms with Crippen LogP contribution in [0.5, 0.6) is 0 Å². The molecule has 0 radical (unpaired) electrons. The average molecular weight is 443 g/mol. The number of benzene rings is 1. The summed E-state index contributed by atoms with van der Waals surface area (Å²) >= 11 is 0. The summed E-state index contributed by atoms with van der Waals surface area (Å²) in [7, 11) is 3.45. The highest BCUT2D eigenvalue weighted by molar-refractivity contribution is 5.99. The Balaban J connectivity index is 1.55. The Morgan fingerprint density at radius 1 is 1.31 bits per heavy atom. The number of halogens is 2. The minimum absolute atomic E-state index is 0.0749. The van der Waals surface area contributed by atoms with E-state index in [2.05, 4.69) is 29.0 Å². The first kappa shape index (κ1) is 22.8. The fourth-order valence-electron chi connectivity index (χ4n) is 5.34. The number of aromatic nitrogens is 1. The Morgan fingerprint density at radius 3 is 2.88 bits per heavy atom. The van der Waals surface area contributed by atoms with E-state index in [0.717, 1.165) is 28.5 Å². The largest absolute Gasteiger partial charge is 0.342 e. The summed E-state index contributed by atoms with van der Waals surface area (Å²) in [5.41, 5.74) is 3.03. The third-order valence-electron chi connectivity index (χ3n) is 6.91. The monoisotopic (exact) mass is 442 g/mol. The maximum atomic E-state index is 14.5. The number of nitrogens with zero attached hydrogens (tertiary/aromatic N) is 4. The fraction of sp³-hybridized carbons (Fsp3) is 0.560. The smallest absolute Gasteiger partial charge is 0.263 e. The molecule has 2 fully saturated rings. The second-order valence-electron chi connectivity index (χ2n) is 9.56. The van der Waals surface area contributed by atoms with Crippen LogP contribution in [0.15, 0.2) is 35.5 Å². The maximum Gasteiger partial charge on any atom is 0.263 e. The van der Waals surface area contributed by atoms with E-state index in [1.165, 1.54) is 0 Å². The lowest BCUT2D eigenvalue weighted by atomic mass is 9.82. The topological polar surface area (TPSA) is 48.8 Å². The molecule has 0 N–H and O–H groups in total. The van der Waals surface area contributed by atoms with Crippen LogP contribution in [0.3, 0.4) is 0 Å². The van der Waals surface area contributed by atoms with Crippen molar-refractivity contribution < 1.29 is 13.6 Å². The van der Waals surface area contributed by atoms with E-state index < -0.39 is 11.8 Å². The second-order valence-corrected chi connectivity index (χ2v) is 9.56. The van der Waals surface area contributed by atoms with Gasteiger partial charge in [0.25, 0.3) is 5.92 Å². The van der Waals surface area contributed by atoms with Gasteiger partial charge >= 0.3 is 0 Å². The van der Waals surface area contributed by atoms with E-state index in [-0.39, 0.29) is 24.8 Å². The van der Waals surface area contributed by atoms with Gasteiger partial charge in [-0.25, -0.2) is 8.78 Å². The molecule has 172 valence electrons. The van der Waals surface area contributed by atoms with Gasteiger partial charge < -0.3 is 9.80 Å². The van der Waals surface area contributed by atoms with Crippen LogP contribution in [0.1, 0.15) is 43.2 Å². The van der Waals surface area contributed by atoms with Crippen molar-refractivity contribution in [3.8, 4) is 0 Å². The molecule has 3 heterocycles. The van der Waals surface area contributed by atoms with E-state index in [1.807, 2.05) is 17.0 Å². The lowest BCUT2D eigenvalue weighted by molar-refractivity contribution is -0.145. The summed E-state index contributed by atoms with van der Waals surface area (Å²) in [6.07, 6.45) is 4.83. The van der Waals surface area contributed by atoms with Crippen molar-refractivity contribution in [3.63, 3.8) is 0 Å². The lowest BCUT2D eigenvalue weighted by Crippen LogP contribution is -2.49. The van der Waals surface area contributed by atoms with Crippen molar-refractivity contribution in [2.24, 2.45) is 16.8 Å². The molecule has 0 bridgehead atoms. The van der Waals surface area contributed by atoms with E-state index in [9.17, 15) is 13.6 Å². The molecule has 32 heavy (non-hydrogen) atoms. The number of piperidine rings is 2. The minimum atomic E-state index is -2.82. The van der Waals surface area contributed by atoms with Gasteiger partial charge in [-0.3, -0.25) is 14.8 Å². The molecule has 5 nitrogen and oxygen atoms in total. The molecule has 1 amide bonds. The third-order valence-corrected chi connectivity index (χ3v) is 6.91. The average Bonchev–Trinajstić information content (AvgIpc) is 2.75. The number of amides is 1. The highest BCUT2D eigenvalue weighted by Crippen LogP contribution is 2.38. The van der Waals surface area contributed by atoms with Crippen molar-refractivity contribution in [2.75, 3.05) is 40.3 Å². The molecule has 4 rings (SSSR count). The summed E-state index contributed by atoms with van der Waals surface area (Å²) in [6.45, 7) is 3.67. The second kappa shape index (κ2) is 9.22. The van der Waals surface area contributed by atoms with Crippen LogP contribution in [0.25, 0.3) is 10.9 Å². The SMILES string of the molecule is C/N=C\c1ccc([C@H]2C[C@@H](C)CN(C(=O)C[C@H]3CCN(C)CC3(F)F)C2)c2cccnc12. The van der Waals surface area contributed by atoms with Crippen LogP contribution in [-0.4, -0.2) is 73.1 Å². The van der Waals surface area contributed by atoms with Crippen LogP contribution >= 0.6 is 0 Å². The molecular weight excluding hydrogens is 410 g/mol. The Kier molecular flexibility index (Phi) is 6.56. The molecule has 2 aliphatic rings. The first-order valence-corrected chi connectivity index (χ1v) is 11.4. The summed E-state index contributed by atoms with van der Waals surface area (Å²) in [5, 5.41) is 1.07.